The van der Waals surface area contributed by atoms with Crippen LogP contribution in [0.4, 0.5) is 28.8 Å². The van der Waals surface area contributed by atoms with Crippen LogP contribution in [0, 0.1) is 0 Å². The van der Waals surface area contributed by atoms with E-state index in [-0.39, 0.29) is 6.03 Å². The van der Waals surface area contributed by atoms with Crippen molar-refractivity contribution in [2.24, 2.45) is 0 Å². The van der Waals surface area contributed by atoms with E-state index in [4.69, 9.17) is 0 Å². The Labute approximate surface area is 174 Å². The number of carbonyl (C=O) groups excluding carboxylic acids is 1. The lowest BCUT2D eigenvalue weighted by Crippen LogP contribution is -2.50. The number of alkyl halides is 3. The number of rotatable bonds is 3. The molecular weight excluding hydrogens is 417 g/mol. The molecule has 1 aliphatic heterocycles. The van der Waals surface area contributed by atoms with E-state index in [1.54, 1.807) is 11.1 Å². The fourth-order valence-electron chi connectivity index (χ4n) is 3.13. The maximum Gasteiger partial charge on any atom is 0.416 e. The molecule has 0 unspecified atom stereocenters. The number of hydrogen-bond acceptors (Lipinski definition) is 6. The van der Waals surface area contributed by atoms with Gasteiger partial charge in [-0.15, -0.1) is 5.10 Å². The van der Waals surface area contributed by atoms with Gasteiger partial charge in [0.25, 0.3) is 0 Å². The molecule has 1 saturated heterocycles. The van der Waals surface area contributed by atoms with Gasteiger partial charge in [0.1, 0.15) is 16.5 Å². The van der Waals surface area contributed by atoms with Crippen LogP contribution in [-0.2, 0) is 6.18 Å². The Morgan fingerprint density at radius 1 is 1.03 bits per heavy atom. The van der Waals surface area contributed by atoms with Crippen molar-refractivity contribution in [2.45, 2.75) is 6.18 Å². The summed E-state index contributed by atoms with van der Waals surface area (Å²) in [6.45, 7) is 2.34. The number of carbonyl (C=O) groups is 1. The molecule has 30 heavy (non-hydrogen) atoms. The van der Waals surface area contributed by atoms with Crippen molar-refractivity contribution in [1.29, 1.82) is 0 Å². The molecule has 1 fully saturated rings. The van der Waals surface area contributed by atoms with E-state index in [9.17, 15) is 18.0 Å². The van der Waals surface area contributed by atoms with Crippen molar-refractivity contribution in [2.75, 3.05) is 36.4 Å². The van der Waals surface area contributed by atoms with Gasteiger partial charge < -0.3 is 9.80 Å². The smallest absolute Gasteiger partial charge is 0.353 e. The summed E-state index contributed by atoms with van der Waals surface area (Å²) in [4.78, 5) is 20.8. The summed E-state index contributed by atoms with van der Waals surface area (Å²) in [5, 5.41) is 7.14. The highest BCUT2D eigenvalue weighted by Gasteiger charge is 2.30. The number of hydrogen-bond donors (Lipinski definition) is 1. The lowest BCUT2D eigenvalue weighted by molar-refractivity contribution is -0.137. The van der Waals surface area contributed by atoms with Gasteiger partial charge in [-0.3, -0.25) is 5.32 Å². The summed E-state index contributed by atoms with van der Waals surface area (Å²) in [6, 6.07) is 10.0. The first-order valence-corrected chi connectivity index (χ1v) is 9.91. The molecule has 0 radical (unpaired) electrons. The van der Waals surface area contributed by atoms with E-state index in [1.807, 2.05) is 18.2 Å². The summed E-state index contributed by atoms with van der Waals surface area (Å²) < 4.78 is 42.1. The number of pyridine rings is 1. The van der Waals surface area contributed by atoms with E-state index < -0.39 is 11.7 Å². The average Bonchev–Trinajstić information content (AvgIpc) is 3.22. The van der Waals surface area contributed by atoms with Crippen LogP contribution >= 0.6 is 11.5 Å². The quantitative estimate of drug-likeness (QED) is 0.675. The number of benzene rings is 1. The maximum atomic E-state index is 12.8. The molecule has 0 aliphatic carbocycles. The number of nitrogens with zero attached hydrogens (tertiary/aromatic N) is 5. The Morgan fingerprint density at radius 3 is 2.40 bits per heavy atom. The number of piperazine rings is 1. The molecule has 1 N–H and O–H groups in total. The first kappa shape index (κ1) is 20.1. The second-order valence-electron chi connectivity index (χ2n) is 6.62. The molecule has 0 atom stereocenters. The molecule has 7 nitrogen and oxygen atoms in total. The third-order valence-electron chi connectivity index (χ3n) is 4.73. The van der Waals surface area contributed by atoms with Crippen LogP contribution in [-0.4, -0.2) is 51.7 Å². The maximum absolute atomic E-state index is 12.8. The molecular formula is C19H17F3N6OS. The lowest BCUT2D eigenvalue weighted by Gasteiger charge is -2.35. The van der Waals surface area contributed by atoms with Crippen molar-refractivity contribution in [3.8, 4) is 11.3 Å². The number of halogens is 3. The lowest BCUT2D eigenvalue weighted by atomic mass is 10.1. The summed E-state index contributed by atoms with van der Waals surface area (Å²) in [6.07, 6.45) is -2.68. The first-order chi connectivity index (χ1) is 14.4. The number of urea groups is 1. The van der Waals surface area contributed by atoms with Crippen LogP contribution < -0.4 is 10.2 Å². The standard InChI is InChI=1S/C19H17F3N6OS/c20-19(21,22)14-6-4-13(5-7-14)16-17(30-26-25-16)24-18(29)28-11-9-27(10-12-28)15-3-1-2-8-23-15/h1-8H,9-12H2,(H,24,29). The molecule has 1 aromatic carbocycles. The molecule has 3 aromatic rings. The van der Waals surface area contributed by atoms with Crippen molar-refractivity contribution in [3.05, 3.63) is 54.2 Å². The summed E-state index contributed by atoms with van der Waals surface area (Å²) in [5.74, 6) is 0.869. The van der Waals surface area contributed by atoms with Crippen molar-refractivity contribution in [3.63, 3.8) is 0 Å². The number of anilines is 2. The monoisotopic (exact) mass is 434 g/mol. The molecule has 2 aromatic heterocycles. The second-order valence-corrected chi connectivity index (χ2v) is 7.37. The zero-order valence-electron chi connectivity index (χ0n) is 15.6. The number of nitrogens with one attached hydrogen (secondary N) is 1. The van der Waals surface area contributed by atoms with Gasteiger partial charge in [-0.1, -0.05) is 22.7 Å². The van der Waals surface area contributed by atoms with Crippen LogP contribution in [0.3, 0.4) is 0 Å². The molecule has 156 valence electrons. The Hall–Kier alpha value is -3.21. The molecule has 0 saturated carbocycles. The zero-order chi connectivity index (χ0) is 21.1. The van der Waals surface area contributed by atoms with Gasteiger partial charge in [0, 0.05) is 49.5 Å². The molecule has 4 rings (SSSR count). The normalized spacial score (nSPS) is 14.6. The largest absolute Gasteiger partial charge is 0.416 e. The van der Waals surface area contributed by atoms with Crippen LogP contribution in [0.1, 0.15) is 5.56 Å². The predicted octanol–water partition coefficient (Wildman–Crippen LogP) is 3.97. The van der Waals surface area contributed by atoms with Gasteiger partial charge in [-0.25, -0.2) is 9.78 Å². The Bertz CT molecular complexity index is 1000. The average molecular weight is 434 g/mol. The Kier molecular flexibility index (Phi) is 5.53. The van der Waals surface area contributed by atoms with E-state index in [0.29, 0.717) is 42.4 Å². The summed E-state index contributed by atoms with van der Waals surface area (Å²) in [5.41, 5.74) is 0.0482. The van der Waals surface area contributed by atoms with Gasteiger partial charge in [-0.2, -0.15) is 13.2 Å². The minimum absolute atomic E-state index is 0.296. The third kappa shape index (κ3) is 4.35. The van der Waals surface area contributed by atoms with Gasteiger partial charge >= 0.3 is 12.2 Å². The third-order valence-corrected chi connectivity index (χ3v) is 5.38. The molecule has 0 bridgehead atoms. The van der Waals surface area contributed by atoms with E-state index >= 15 is 0 Å². The van der Waals surface area contributed by atoms with Gasteiger partial charge in [0.15, 0.2) is 0 Å². The molecule has 3 heterocycles. The highest BCUT2D eigenvalue weighted by Crippen LogP contribution is 2.33. The molecule has 2 amide bonds. The van der Waals surface area contributed by atoms with Crippen LogP contribution in [0.15, 0.2) is 48.7 Å². The van der Waals surface area contributed by atoms with Crippen LogP contribution in [0.5, 0.6) is 0 Å². The van der Waals surface area contributed by atoms with E-state index in [1.165, 1.54) is 12.1 Å². The molecule has 11 heteroatoms. The Balaban J connectivity index is 1.40. The van der Waals surface area contributed by atoms with Crippen LogP contribution in [0.2, 0.25) is 0 Å². The predicted molar refractivity (Wildman–Crippen MR) is 107 cm³/mol. The summed E-state index contributed by atoms with van der Waals surface area (Å²) in [7, 11) is 0. The topological polar surface area (TPSA) is 74.2 Å². The van der Waals surface area contributed by atoms with Crippen molar-refractivity contribution >= 4 is 28.4 Å². The molecule has 0 spiro atoms. The SMILES string of the molecule is O=C(Nc1snnc1-c1ccc(C(F)(F)F)cc1)N1CCN(c2ccccn2)CC1. The van der Waals surface area contributed by atoms with Crippen molar-refractivity contribution in [1.82, 2.24) is 19.5 Å². The van der Waals surface area contributed by atoms with Gasteiger partial charge in [0.2, 0.25) is 0 Å². The molecule has 1 aliphatic rings. The highest BCUT2D eigenvalue weighted by atomic mass is 32.1. The zero-order valence-corrected chi connectivity index (χ0v) is 16.5. The minimum atomic E-state index is -4.41. The van der Waals surface area contributed by atoms with Gasteiger partial charge in [0.05, 0.1) is 5.56 Å². The number of amides is 2. The second kappa shape index (κ2) is 8.27. The Morgan fingerprint density at radius 2 is 1.77 bits per heavy atom. The fourth-order valence-corrected chi connectivity index (χ4v) is 3.72. The fraction of sp³-hybridized carbons (Fsp3) is 0.263. The van der Waals surface area contributed by atoms with E-state index in [0.717, 1.165) is 29.5 Å². The van der Waals surface area contributed by atoms with Gasteiger partial charge in [-0.05, 0) is 24.3 Å². The minimum Gasteiger partial charge on any atom is -0.353 e. The highest BCUT2D eigenvalue weighted by molar-refractivity contribution is 7.10. The summed E-state index contributed by atoms with van der Waals surface area (Å²) >= 11 is 0.982. The van der Waals surface area contributed by atoms with Crippen molar-refractivity contribution < 1.29 is 18.0 Å². The van der Waals surface area contributed by atoms with E-state index in [2.05, 4.69) is 24.8 Å². The first-order valence-electron chi connectivity index (χ1n) is 9.14. The number of aromatic nitrogens is 3. The van der Waals surface area contributed by atoms with Crippen LogP contribution in [0.25, 0.3) is 11.3 Å².